The van der Waals surface area contributed by atoms with Crippen LogP contribution in [0, 0.1) is 0 Å². The Kier molecular flexibility index (Phi) is 7.63. The molecule has 26 heavy (non-hydrogen) atoms. The van der Waals surface area contributed by atoms with Gasteiger partial charge in [-0.2, -0.15) is 0 Å². The van der Waals surface area contributed by atoms with Gasteiger partial charge in [-0.05, 0) is 31.4 Å². The normalized spacial score (nSPS) is 14.5. The van der Waals surface area contributed by atoms with E-state index in [9.17, 15) is 14.4 Å². The van der Waals surface area contributed by atoms with Crippen molar-refractivity contribution in [3.8, 4) is 0 Å². The number of anilines is 1. The maximum atomic E-state index is 12.4. The first-order valence-corrected chi connectivity index (χ1v) is 9.39. The van der Waals surface area contributed by atoms with Crippen LogP contribution in [-0.2, 0) is 14.3 Å². The number of nitrogens with zero attached hydrogens (tertiary/aromatic N) is 1. The molecule has 2 amide bonds. The molecule has 142 valence electrons. The van der Waals surface area contributed by atoms with E-state index in [-0.39, 0.29) is 11.6 Å². The molecule has 1 saturated carbocycles. The number of unbranched alkanes of at least 4 members (excludes halogenated alkanes) is 1. The van der Waals surface area contributed by atoms with Gasteiger partial charge in [-0.25, -0.2) is 4.79 Å². The quantitative estimate of drug-likeness (QED) is 0.479. The van der Waals surface area contributed by atoms with Crippen LogP contribution in [0.1, 0.15) is 62.2 Å². The molecule has 0 heterocycles. The van der Waals surface area contributed by atoms with Crippen molar-refractivity contribution >= 4 is 23.5 Å². The molecule has 0 saturated heterocycles. The Morgan fingerprint density at radius 3 is 2.54 bits per heavy atom. The smallest absolute Gasteiger partial charge is 0.340 e. The SMILES string of the molecule is CCCCOC(=O)c1ccccc1NC(=O)C(=O)N(C)C1CCCCC1. The number of likely N-dealkylation sites (N-methyl/N-ethyl adjacent to an activating group) is 1. The minimum atomic E-state index is -0.730. The van der Waals surface area contributed by atoms with Gasteiger partial charge < -0.3 is 15.0 Å². The first kappa shape index (κ1) is 19.9. The summed E-state index contributed by atoms with van der Waals surface area (Å²) in [6.07, 6.45) is 6.90. The number of rotatable bonds is 6. The lowest BCUT2D eigenvalue weighted by Gasteiger charge is -2.30. The van der Waals surface area contributed by atoms with Gasteiger partial charge in [0.25, 0.3) is 0 Å². The number of nitrogens with one attached hydrogen (secondary N) is 1. The highest BCUT2D eigenvalue weighted by molar-refractivity contribution is 6.39. The second kappa shape index (κ2) is 9.94. The Hall–Kier alpha value is -2.37. The number of hydrogen-bond donors (Lipinski definition) is 1. The van der Waals surface area contributed by atoms with Crippen LogP contribution in [0.2, 0.25) is 0 Å². The number of para-hydroxylation sites is 1. The summed E-state index contributed by atoms with van der Waals surface area (Å²) in [5.74, 6) is -1.81. The van der Waals surface area contributed by atoms with Crippen LogP contribution in [-0.4, -0.2) is 42.4 Å². The monoisotopic (exact) mass is 360 g/mol. The van der Waals surface area contributed by atoms with Crippen LogP contribution in [0.15, 0.2) is 24.3 Å². The minimum absolute atomic E-state index is 0.108. The largest absolute Gasteiger partial charge is 0.462 e. The second-order valence-corrected chi connectivity index (χ2v) is 6.70. The number of carbonyl (C=O) groups is 3. The van der Waals surface area contributed by atoms with E-state index >= 15 is 0 Å². The fourth-order valence-electron chi connectivity index (χ4n) is 3.13. The van der Waals surface area contributed by atoms with E-state index in [1.54, 1.807) is 31.3 Å². The zero-order valence-electron chi connectivity index (χ0n) is 15.6. The zero-order chi connectivity index (χ0) is 18.9. The highest BCUT2D eigenvalue weighted by atomic mass is 16.5. The van der Waals surface area contributed by atoms with Crippen LogP contribution in [0.25, 0.3) is 0 Å². The molecule has 1 aromatic carbocycles. The average Bonchev–Trinajstić information content (AvgIpc) is 2.68. The molecule has 0 aromatic heterocycles. The summed E-state index contributed by atoms with van der Waals surface area (Å²) in [5, 5.41) is 2.57. The third kappa shape index (κ3) is 5.31. The number of carbonyl (C=O) groups excluding carboxylic acids is 3. The molecule has 0 radical (unpaired) electrons. The summed E-state index contributed by atoms with van der Waals surface area (Å²) in [6, 6.07) is 6.69. The Morgan fingerprint density at radius 1 is 1.15 bits per heavy atom. The molecule has 6 heteroatoms. The van der Waals surface area contributed by atoms with Gasteiger partial charge in [0.1, 0.15) is 0 Å². The van der Waals surface area contributed by atoms with Crippen molar-refractivity contribution in [2.45, 2.75) is 57.9 Å². The van der Waals surface area contributed by atoms with Crippen LogP contribution >= 0.6 is 0 Å². The van der Waals surface area contributed by atoms with Crippen LogP contribution in [0.4, 0.5) is 5.69 Å². The lowest BCUT2D eigenvalue weighted by molar-refractivity contribution is -0.144. The maximum Gasteiger partial charge on any atom is 0.340 e. The standard InChI is InChI=1S/C20H28N2O4/c1-3-4-14-26-20(25)16-12-8-9-13-17(16)21-18(23)19(24)22(2)15-10-6-5-7-11-15/h8-9,12-13,15H,3-7,10-11,14H2,1-2H3,(H,21,23). The van der Waals surface area contributed by atoms with Crippen LogP contribution in [0.5, 0.6) is 0 Å². The van der Waals surface area contributed by atoms with E-state index in [0.717, 1.165) is 38.5 Å². The molecule has 0 aliphatic heterocycles. The summed E-state index contributed by atoms with van der Waals surface area (Å²) < 4.78 is 5.21. The number of esters is 1. The molecular formula is C20H28N2O4. The molecule has 1 fully saturated rings. The molecule has 1 aliphatic rings. The Labute approximate surface area is 154 Å². The number of ether oxygens (including phenoxy) is 1. The summed E-state index contributed by atoms with van der Waals surface area (Å²) in [6.45, 7) is 2.34. The lowest BCUT2D eigenvalue weighted by Crippen LogP contribution is -2.44. The minimum Gasteiger partial charge on any atom is -0.462 e. The van der Waals surface area contributed by atoms with Crippen LogP contribution in [0.3, 0.4) is 0 Å². The van der Waals surface area contributed by atoms with Crippen molar-refractivity contribution < 1.29 is 19.1 Å². The average molecular weight is 360 g/mol. The van der Waals surface area contributed by atoms with E-state index in [1.807, 2.05) is 6.92 Å². The number of benzene rings is 1. The molecular weight excluding hydrogens is 332 g/mol. The molecule has 2 rings (SSSR count). The molecule has 6 nitrogen and oxygen atoms in total. The molecule has 0 unspecified atom stereocenters. The van der Waals surface area contributed by atoms with E-state index in [2.05, 4.69) is 5.32 Å². The highest BCUT2D eigenvalue weighted by Gasteiger charge is 2.27. The molecule has 0 bridgehead atoms. The summed E-state index contributed by atoms with van der Waals surface area (Å²) in [5.41, 5.74) is 0.550. The van der Waals surface area contributed by atoms with Crippen molar-refractivity contribution in [3.05, 3.63) is 29.8 Å². The molecule has 0 spiro atoms. The van der Waals surface area contributed by atoms with Gasteiger partial charge in [0.05, 0.1) is 17.9 Å². The van der Waals surface area contributed by atoms with E-state index < -0.39 is 17.8 Å². The lowest BCUT2D eigenvalue weighted by atomic mass is 9.94. The first-order valence-electron chi connectivity index (χ1n) is 9.39. The summed E-state index contributed by atoms with van der Waals surface area (Å²) in [4.78, 5) is 38.5. The summed E-state index contributed by atoms with van der Waals surface area (Å²) >= 11 is 0. The van der Waals surface area contributed by atoms with E-state index in [0.29, 0.717) is 12.3 Å². The van der Waals surface area contributed by atoms with Gasteiger partial charge in [-0.1, -0.05) is 44.7 Å². The zero-order valence-corrected chi connectivity index (χ0v) is 15.6. The van der Waals surface area contributed by atoms with Crippen molar-refractivity contribution in [2.24, 2.45) is 0 Å². The van der Waals surface area contributed by atoms with Gasteiger partial charge >= 0.3 is 17.8 Å². The van der Waals surface area contributed by atoms with Gasteiger partial charge in [0.2, 0.25) is 0 Å². The molecule has 1 aliphatic carbocycles. The van der Waals surface area contributed by atoms with Crippen molar-refractivity contribution in [3.63, 3.8) is 0 Å². The first-order chi connectivity index (χ1) is 12.5. The van der Waals surface area contributed by atoms with Gasteiger partial charge in [0.15, 0.2) is 0 Å². The molecule has 1 aromatic rings. The predicted molar refractivity (Wildman–Crippen MR) is 99.9 cm³/mol. The van der Waals surface area contributed by atoms with Crippen molar-refractivity contribution in [2.75, 3.05) is 19.0 Å². The third-order valence-electron chi connectivity index (χ3n) is 4.76. The van der Waals surface area contributed by atoms with Gasteiger partial charge in [0, 0.05) is 13.1 Å². The topological polar surface area (TPSA) is 75.7 Å². The van der Waals surface area contributed by atoms with Crippen molar-refractivity contribution in [1.82, 2.24) is 4.90 Å². The summed E-state index contributed by atoms with van der Waals surface area (Å²) in [7, 11) is 1.67. The highest BCUT2D eigenvalue weighted by Crippen LogP contribution is 2.22. The van der Waals surface area contributed by atoms with Crippen LogP contribution < -0.4 is 5.32 Å². The van der Waals surface area contributed by atoms with Gasteiger partial charge in [-0.15, -0.1) is 0 Å². The van der Waals surface area contributed by atoms with Crippen molar-refractivity contribution in [1.29, 1.82) is 0 Å². The Balaban J connectivity index is 2.01. The van der Waals surface area contributed by atoms with E-state index in [1.165, 1.54) is 11.3 Å². The molecule has 0 atom stereocenters. The number of amides is 2. The van der Waals surface area contributed by atoms with E-state index in [4.69, 9.17) is 4.74 Å². The molecule has 1 N–H and O–H groups in total. The fraction of sp³-hybridized carbons (Fsp3) is 0.550. The fourth-order valence-corrected chi connectivity index (χ4v) is 3.13. The third-order valence-corrected chi connectivity index (χ3v) is 4.76. The Morgan fingerprint density at radius 2 is 1.85 bits per heavy atom. The van der Waals surface area contributed by atoms with Gasteiger partial charge in [-0.3, -0.25) is 9.59 Å². The second-order valence-electron chi connectivity index (χ2n) is 6.70. The number of hydrogen-bond acceptors (Lipinski definition) is 4. The maximum absolute atomic E-state index is 12.4. The predicted octanol–water partition coefficient (Wildman–Crippen LogP) is 3.37. The Bertz CT molecular complexity index is 638.